The molecule has 2 aromatic heterocycles. The van der Waals surface area contributed by atoms with Crippen LogP contribution in [0.3, 0.4) is 0 Å². The minimum Gasteiger partial charge on any atom is -0.496 e. The van der Waals surface area contributed by atoms with Gasteiger partial charge in [-0.1, -0.05) is 24.3 Å². The molecule has 0 radical (unpaired) electrons. The summed E-state index contributed by atoms with van der Waals surface area (Å²) in [6.07, 6.45) is 2.04. The number of piperazine rings is 1. The summed E-state index contributed by atoms with van der Waals surface area (Å²) in [5, 5.41) is 6.17. The first-order chi connectivity index (χ1) is 13.8. The van der Waals surface area contributed by atoms with Gasteiger partial charge in [-0.05, 0) is 18.2 Å². The van der Waals surface area contributed by atoms with Gasteiger partial charge in [0.1, 0.15) is 10.8 Å². The average molecular weight is 467 g/mol. The van der Waals surface area contributed by atoms with Crippen LogP contribution in [0.2, 0.25) is 0 Å². The number of halogens is 2. The maximum atomic E-state index is 13.1. The van der Waals surface area contributed by atoms with Crippen LogP contribution < -0.4 is 10.1 Å². The molecule has 0 aliphatic carbocycles. The Morgan fingerprint density at radius 3 is 2.80 bits per heavy atom. The molecular formula is C21H24Cl2N4O2S. The molecule has 30 heavy (non-hydrogen) atoms. The maximum Gasteiger partial charge on any atom is 0.229 e. The van der Waals surface area contributed by atoms with Crippen molar-refractivity contribution in [3.63, 3.8) is 0 Å². The molecule has 1 aliphatic heterocycles. The van der Waals surface area contributed by atoms with E-state index in [1.54, 1.807) is 13.3 Å². The van der Waals surface area contributed by atoms with E-state index in [2.05, 4.69) is 15.3 Å². The van der Waals surface area contributed by atoms with Gasteiger partial charge in [0.05, 0.1) is 31.0 Å². The van der Waals surface area contributed by atoms with Crippen molar-refractivity contribution in [3.8, 4) is 16.5 Å². The zero-order chi connectivity index (χ0) is 19.3. The van der Waals surface area contributed by atoms with E-state index in [1.165, 1.54) is 11.3 Å². The van der Waals surface area contributed by atoms with Gasteiger partial charge in [-0.2, -0.15) is 0 Å². The summed E-state index contributed by atoms with van der Waals surface area (Å²) in [7, 11) is 1.66. The second-order valence-corrected chi connectivity index (χ2v) is 7.44. The van der Waals surface area contributed by atoms with Gasteiger partial charge in [-0.15, -0.1) is 36.2 Å². The number of carbonyl (C=O) groups is 1. The van der Waals surface area contributed by atoms with Gasteiger partial charge in [0.2, 0.25) is 5.91 Å². The smallest absolute Gasteiger partial charge is 0.229 e. The third-order valence-electron chi connectivity index (χ3n) is 4.83. The Hall–Kier alpha value is -2.19. The quantitative estimate of drug-likeness (QED) is 0.619. The number of aromatic nitrogens is 2. The number of pyridine rings is 1. The van der Waals surface area contributed by atoms with Crippen LogP contribution in [0.5, 0.6) is 5.75 Å². The minimum atomic E-state index is -0.0497. The van der Waals surface area contributed by atoms with E-state index in [4.69, 9.17) is 4.74 Å². The lowest BCUT2D eigenvalue weighted by molar-refractivity contribution is -0.133. The third kappa shape index (κ3) is 5.29. The SMILES string of the molecule is COc1ccccc1C1CNCCN1C(=O)Cc1csc(-c2ccccn2)n1.Cl.Cl. The number of nitrogens with zero attached hydrogens (tertiary/aromatic N) is 3. The molecule has 0 saturated carbocycles. The first kappa shape index (κ1) is 24.1. The first-order valence-corrected chi connectivity index (χ1v) is 10.1. The molecule has 160 valence electrons. The van der Waals surface area contributed by atoms with Crippen LogP contribution in [0.25, 0.3) is 10.7 Å². The Labute approximate surface area is 192 Å². The molecule has 1 amide bonds. The highest BCUT2D eigenvalue weighted by molar-refractivity contribution is 7.13. The highest BCUT2D eigenvalue weighted by Crippen LogP contribution is 2.31. The molecule has 0 bridgehead atoms. The Balaban J connectivity index is 0.00000160. The predicted molar refractivity (Wildman–Crippen MR) is 124 cm³/mol. The predicted octanol–water partition coefficient (Wildman–Crippen LogP) is 3.77. The molecule has 9 heteroatoms. The summed E-state index contributed by atoms with van der Waals surface area (Å²) < 4.78 is 5.51. The van der Waals surface area contributed by atoms with Crippen LogP contribution in [0, 0.1) is 0 Å². The van der Waals surface area contributed by atoms with E-state index in [0.717, 1.165) is 34.3 Å². The average Bonchev–Trinajstić information content (AvgIpc) is 3.23. The molecule has 4 rings (SSSR count). The largest absolute Gasteiger partial charge is 0.496 e. The summed E-state index contributed by atoms with van der Waals surface area (Å²) in [5.41, 5.74) is 2.64. The molecule has 1 unspecified atom stereocenters. The first-order valence-electron chi connectivity index (χ1n) is 9.25. The van der Waals surface area contributed by atoms with Gasteiger partial charge in [0.15, 0.2) is 0 Å². The van der Waals surface area contributed by atoms with Crippen molar-refractivity contribution >= 4 is 42.1 Å². The van der Waals surface area contributed by atoms with Crippen LogP contribution in [0.1, 0.15) is 17.3 Å². The van der Waals surface area contributed by atoms with Crippen LogP contribution in [-0.2, 0) is 11.2 Å². The molecule has 1 aromatic carbocycles. The number of hydrogen-bond donors (Lipinski definition) is 1. The highest BCUT2D eigenvalue weighted by Gasteiger charge is 2.30. The molecular weight excluding hydrogens is 443 g/mol. The maximum absolute atomic E-state index is 13.1. The lowest BCUT2D eigenvalue weighted by Crippen LogP contribution is -2.49. The van der Waals surface area contributed by atoms with E-state index < -0.39 is 0 Å². The summed E-state index contributed by atoms with van der Waals surface area (Å²) >= 11 is 1.52. The molecule has 3 aromatic rings. The summed E-state index contributed by atoms with van der Waals surface area (Å²) in [4.78, 5) is 24.0. The fourth-order valence-electron chi connectivity index (χ4n) is 3.47. The fraction of sp³-hybridized carbons (Fsp3) is 0.286. The van der Waals surface area contributed by atoms with E-state index in [0.29, 0.717) is 13.1 Å². The Morgan fingerprint density at radius 1 is 1.23 bits per heavy atom. The fourth-order valence-corrected chi connectivity index (χ4v) is 4.27. The van der Waals surface area contributed by atoms with Crippen molar-refractivity contribution in [1.82, 2.24) is 20.2 Å². The molecule has 1 saturated heterocycles. The summed E-state index contributed by atoms with van der Waals surface area (Å²) in [6.45, 7) is 2.16. The van der Waals surface area contributed by atoms with Crippen LogP contribution >= 0.6 is 36.2 Å². The molecule has 1 aliphatic rings. The summed E-state index contributed by atoms with van der Waals surface area (Å²) in [6, 6.07) is 13.6. The van der Waals surface area contributed by atoms with E-state index in [1.807, 2.05) is 52.7 Å². The van der Waals surface area contributed by atoms with E-state index in [-0.39, 0.29) is 43.2 Å². The number of rotatable bonds is 5. The van der Waals surface area contributed by atoms with Gasteiger partial charge in [0, 0.05) is 36.8 Å². The van der Waals surface area contributed by atoms with Gasteiger partial charge >= 0.3 is 0 Å². The number of methoxy groups -OCH3 is 1. The molecule has 3 heterocycles. The van der Waals surface area contributed by atoms with Crippen molar-refractivity contribution in [1.29, 1.82) is 0 Å². The zero-order valence-electron chi connectivity index (χ0n) is 16.5. The van der Waals surface area contributed by atoms with Crippen LogP contribution in [0.15, 0.2) is 54.0 Å². The number of nitrogens with one attached hydrogen (secondary N) is 1. The normalized spacial score (nSPS) is 15.6. The lowest BCUT2D eigenvalue weighted by atomic mass is 10.0. The minimum absolute atomic E-state index is 0. The Morgan fingerprint density at radius 2 is 2.03 bits per heavy atom. The highest BCUT2D eigenvalue weighted by atomic mass is 35.5. The van der Waals surface area contributed by atoms with Crippen LogP contribution in [0.4, 0.5) is 0 Å². The Bertz CT molecular complexity index is 955. The number of hydrogen-bond acceptors (Lipinski definition) is 6. The number of ether oxygens (including phenoxy) is 1. The van der Waals surface area contributed by atoms with Gasteiger partial charge in [0.25, 0.3) is 0 Å². The second-order valence-electron chi connectivity index (χ2n) is 6.58. The number of amides is 1. The molecule has 1 N–H and O–H groups in total. The summed E-state index contributed by atoms with van der Waals surface area (Å²) in [5.74, 6) is 0.885. The van der Waals surface area contributed by atoms with Gasteiger partial charge in [-0.25, -0.2) is 4.98 Å². The number of carbonyl (C=O) groups excluding carboxylic acids is 1. The standard InChI is InChI=1S/C21H22N4O2S.2ClH/c1-27-19-8-3-2-6-16(19)18-13-22-10-11-25(18)20(26)12-15-14-28-21(24-15)17-7-4-5-9-23-17;;/h2-9,14,18,22H,10-13H2,1H3;2*1H. The molecule has 0 spiro atoms. The zero-order valence-corrected chi connectivity index (χ0v) is 18.9. The van der Waals surface area contributed by atoms with Crippen molar-refractivity contribution < 1.29 is 9.53 Å². The van der Waals surface area contributed by atoms with Crippen molar-refractivity contribution in [2.75, 3.05) is 26.7 Å². The van der Waals surface area contributed by atoms with Crippen molar-refractivity contribution in [3.05, 3.63) is 65.3 Å². The Kier molecular flexibility index (Phi) is 9.05. The number of benzene rings is 1. The van der Waals surface area contributed by atoms with E-state index in [9.17, 15) is 4.79 Å². The molecule has 6 nitrogen and oxygen atoms in total. The number of para-hydroxylation sites is 1. The van der Waals surface area contributed by atoms with Gasteiger partial charge < -0.3 is 15.0 Å². The van der Waals surface area contributed by atoms with Crippen LogP contribution in [-0.4, -0.2) is 47.5 Å². The second kappa shape index (κ2) is 11.3. The monoisotopic (exact) mass is 466 g/mol. The molecule has 1 atom stereocenters. The molecule has 1 fully saturated rings. The topological polar surface area (TPSA) is 67.3 Å². The number of thiazole rings is 1. The van der Waals surface area contributed by atoms with Crippen molar-refractivity contribution in [2.24, 2.45) is 0 Å². The lowest BCUT2D eigenvalue weighted by Gasteiger charge is -2.37. The van der Waals surface area contributed by atoms with Crippen molar-refractivity contribution in [2.45, 2.75) is 12.5 Å². The van der Waals surface area contributed by atoms with Gasteiger partial charge in [-0.3, -0.25) is 9.78 Å². The van der Waals surface area contributed by atoms with E-state index >= 15 is 0 Å². The third-order valence-corrected chi connectivity index (χ3v) is 5.74.